The molecular weight excluding hydrogens is 436 g/mol. The van der Waals surface area contributed by atoms with E-state index in [-0.39, 0.29) is 18.0 Å². The minimum absolute atomic E-state index is 0.320. The number of hydrogen-bond donors (Lipinski definition) is 1. The Balaban J connectivity index is 1.75. The van der Waals surface area contributed by atoms with Crippen LogP contribution in [0.5, 0.6) is 0 Å². The van der Waals surface area contributed by atoms with Crippen molar-refractivity contribution in [3.8, 4) is 0 Å². The first-order valence-electron chi connectivity index (χ1n) is 7.97. The number of thiol groups is 1. The Morgan fingerprint density at radius 3 is 1.69 bits per heavy atom. The third-order valence-electron chi connectivity index (χ3n) is 4.82. The van der Waals surface area contributed by atoms with Crippen LogP contribution in [-0.2, 0) is 9.47 Å². The van der Waals surface area contributed by atoms with Crippen LogP contribution < -0.4 is 0 Å². The van der Waals surface area contributed by atoms with Crippen LogP contribution in [0.4, 0.5) is 0 Å². The largest absolute Gasteiger partial charge is 0.357 e. The number of nitrogens with zero attached hydrogens (tertiary/aromatic N) is 1. The number of ether oxygens (including phenoxy) is 2. The van der Waals surface area contributed by atoms with Gasteiger partial charge >= 0.3 is 0 Å². The van der Waals surface area contributed by atoms with Gasteiger partial charge in [0, 0.05) is 5.75 Å². The fourth-order valence-corrected chi connectivity index (χ4v) is 4.42. The minimum atomic E-state index is -0.323. The molecule has 0 spiro atoms. The standard InChI is InChI=1S/C18H15Cl4NO2S/c19-12-3-1-10(5-14(12)21)16-23-17(11-2-4-13(20)15(22)6-11)25-8-18(23,9-26)7-24-16/h1-6,16-17,26H,7-9H2/t16-,17+,18?. The van der Waals surface area contributed by atoms with Crippen molar-refractivity contribution in [3.05, 3.63) is 67.6 Å². The van der Waals surface area contributed by atoms with E-state index in [9.17, 15) is 0 Å². The van der Waals surface area contributed by atoms with E-state index in [1.165, 1.54) is 0 Å². The minimum Gasteiger partial charge on any atom is -0.357 e. The molecule has 2 aliphatic rings. The zero-order chi connectivity index (χ0) is 18.5. The Labute approximate surface area is 177 Å². The molecule has 26 heavy (non-hydrogen) atoms. The molecule has 0 aromatic heterocycles. The lowest BCUT2D eigenvalue weighted by Gasteiger charge is -2.33. The molecule has 0 saturated carbocycles. The summed E-state index contributed by atoms with van der Waals surface area (Å²) in [5, 5.41) is 1.99. The van der Waals surface area contributed by atoms with Crippen LogP contribution in [-0.4, -0.2) is 29.4 Å². The van der Waals surface area contributed by atoms with Crippen molar-refractivity contribution in [2.45, 2.75) is 18.0 Å². The van der Waals surface area contributed by atoms with Gasteiger partial charge in [0.15, 0.2) is 0 Å². The molecule has 0 bridgehead atoms. The number of benzene rings is 2. The van der Waals surface area contributed by atoms with Gasteiger partial charge in [0.2, 0.25) is 0 Å². The Morgan fingerprint density at radius 1 is 0.846 bits per heavy atom. The zero-order valence-electron chi connectivity index (χ0n) is 13.5. The van der Waals surface area contributed by atoms with Crippen LogP contribution in [0.2, 0.25) is 20.1 Å². The molecule has 2 fully saturated rings. The molecule has 3 nitrogen and oxygen atoms in total. The highest BCUT2D eigenvalue weighted by molar-refractivity contribution is 7.80. The molecule has 2 saturated heterocycles. The number of rotatable bonds is 3. The molecule has 0 radical (unpaired) electrons. The van der Waals surface area contributed by atoms with Crippen molar-refractivity contribution in [1.82, 2.24) is 4.90 Å². The van der Waals surface area contributed by atoms with Crippen LogP contribution in [0.1, 0.15) is 23.6 Å². The second-order valence-electron chi connectivity index (χ2n) is 6.46. The smallest absolute Gasteiger partial charge is 0.139 e. The first kappa shape index (κ1) is 19.2. The van der Waals surface area contributed by atoms with Gasteiger partial charge in [-0.15, -0.1) is 0 Å². The molecular formula is C18H15Cl4NO2S. The van der Waals surface area contributed by atoms with Gasteiger partial charge in [-0.2, -0.15) is 12.6 Å². The topological polar surface area (TPSA) is 21.7 Å². The van der Waals surface area contributed by atoms with Gasteiger partial charge in [-0.05, 0) is 35.4 Å². The summed E-state index contributed by atoms with van der Waals surface area (Å²) in [6.45, 7) is 1.03. The third-order valence-corrected chi connectivity index (χ3v) is 6.89. The van der Waals surface area contributed by atoms with Crippen molar-refractivity contribution >= 4 is 59.0 Å². The molecule has 1 unspecified atom stereocenters. The second kappa shape index (κ2) is 7.34. The Hall–Kier alpha value is -0.170. The molecule has 4 rings (SSSR count). The highest BCUT2D eigenvalue weighted by Crippen LogP contribution is 2.50. The fourth-order valence-electron chi connectivity index (χ4n) is 3.46. The third kappa shape index (κ3) is 3.15. The summed E-state index contributed by atoms with van der Waals surface area (Å²) in [6.07, 6.45) is -0.641. The van der Waals surface area contributed by atoms with Crippen LogP contribution in [0.25, 0.3) is 0 Å². The number of hydrogen-bond acceptors (Lipinski definition) is 4. The zero-order valence-corrected chi connectivity index (χ0v) is 17.4. The summed E-state index contributed by atoms with van der Waals surface area (Å²) in [6, 6.07) is 11.0. The molecule has 2 heterocycles. The summed E-state index contributed by atoms with van der Waals surface area (Å²) in [5.41, 5.74) is 1.51. The quantitative estimate of drug-likeness (QED) is 0.577. The first-order chi connectivity index (χ1) is 12.4. The van der Waals surface area contributed by atoms with Crippen LogP contribution in [0, 0.1) is 0 Å². The SMILES string of the molecule is SCC12CO[C@H](c3ccc(Cl)c(Cl)c3)N1[C@H](c1ccc(Cl)c(Cl)c1)OC2. The first-order valence-corrected chi connectivity index (χ1v) is 10.1. The molecule has 0 amide bonds. The van der Waals surface area contributed by atoms with E-state index in [4.69, 9.17) is 55.9 Å². The maximum Gasteiger partial charge on any atom is 0.139 e. The highest BCUT2D eigenvalue weighted by atomic mass is 35.5. The van der Waals surface area contributed by atoms with Gasteiger partial charge in [-0.1, -0.05) is 58.5 Å². The summed E-state index contributed by atoms with van der Waals surface area (Å²) < 4.78 is 12.3. The molecule has 3 atom stereocenters. The Kier molecular flexibility index (Phi) is 5.41. The maximum absolute atomic E-state index is 6.21. The number of halogens is 4. The van der Waals surface area contributed by atoms with Gasteiger partial charge in [0.05, 0.1) is 38.8 Å². The molecule has 2 aliphatic heterocycles. The van der Waals surface area contributed by atoms with E-state index in [1.807, 2.05) is 24.3 Å². The van der Waals surface area contributed by atoms with E-state index < -0.39 is 0 Å². The van der Waals surface area contributed by atoms with Gasteiger partial charge in [0.1, 0.15) is 12.5 Å². The van der Waals surface area contributed by atoms with E-state index in [0.29, 0.717) is 39.1 Å². The molecule has 2 aromatic carbocycles. The van der Waals surface area contributed by atoms with Crippen LogP contribution in [0.15, 0.2) is 36.4 Å². The second-order valence-corrected chi connectivity index (χ2v) is 8.41. The van der Waals surface area contributed by atoms with Gasteiger partial charge in [0.25, 0.3) is 0 Å². The summed E-state index contributed by atoms with van der Waals surface area (Å²) >= 11 is 29.1. The monoisotopic (exact) mass is 449 g/mol. The number of fused-ring (bicyclic) bond motifs is 1. The van der Waals surface area contributed by atoms with Crippen molar-refractivity contribution < 1.29 is 9.47 Å². The summed E-state index contributed by atoms with van der Waals surface area (Å²) in [4.78, 5) is 2.19. The molecule has 8 heteroatoms. The summed E-state index contributed by atoms with van der Waals surface area (Å²) in [5.74, 6) is 0.600. The van der Waals surface area contributed by atoms with Gasteiger partial charge < -0.3 is 9.47 Å². The lowest BCUT2D eigenvalue weighted by atomic mass is 10.0. The van der Waals surface area contributed by atoms with Crippen molar-refractivity contribution in [2.75, 3.05) is 19.0 Å². The molecule has 0 aliphatic carbocycles. The lowest BCUT2D eigenvalue weighted by Crippen LogP contribution is -2.46. The lowest BCUT2D eigenvalue weighted by molar-refractivity contribution is -0.0615. The van der Waals surface area contributed by atoms with Crippen LogP contribution in [0.3, 0.4) is 0 Å². The highest BCUT2D eigenvalue weighted by Gasteiger charge is 2.56. The predicted molar refractivity (Wildman–Crippen MR) is 109 cm³/mol. The van der Waals surface area contributed by atoms with E-state index in [1.54, 1.807) is 12.1 Å². The normalized spacial score (nSPS) is 28.5. The fraction of sp³-hybridized carbons (Fsp3) is 0.333. The molecule has 0 N–H and O–H groups in total. The maximum atomic E-state index is 6.21. The predicted octanol–water partition coefficient (Wildman–Crippen LogP) is 6.03. The Morgan fingerprint density at radius 2 is 1.31 bits per heavy atom. The average Bonchev–Trinajstić information content (AvgIpc) is 3.17. The van der Waals surface area contributed by atoms with E-state index in [0.717, 1.165) is 11.1 Å². The molecule has 138 valence electrons. The molecule has 2 aromatic rings. The van der Waals surface area contributed by atoms with Crippen molar-refractivity contribution in [2.24, 2.45) is 0 Å². The Bertz CT molecular complexity index is 786. The average molecular weight is 451 g/mol. The van der Waals surface area contributed by atoms with Crippen molar-refractivity contribution in [1.29, 1.82) is 0 Å². The van der Waals surface area contributed by atoms with E-state index >= 15 is 0 Å². The van der Waals surface area contributed by atoms with Gasteiger partial charge in [-0.25, -0.2) is 4.90 Å². The van der Waals surface area contributed by atoms with Crippen LogP contribution >= 0.6 is 59.0 Å². The van der Waals surface area contributed by atoms with Gasteiger partial charge in [-0.3, -0.25) is 0 Å². The summed E-state index contributed by atoms with van der Waals surface area (Å²) in [7, 11) is 0. The van der Waals surface area contributed by atoms with E-state index in [2.05, 4.69) is 17.5 Å². The van der Waals surface area contributed by atoms with Crippen molar-refractivity contribution in [3.63, 3.8) is 0 Å².